The molecular weight excluding hydrogens is 303 g/mol. The van der Waals surface area contributed by atoms with Gasteiger partial charge in [-0.15, -0.1) is 11.6 Å². The van der Waals surface area contributed by atoms with Crippen LogP contribution < -0.4 is 4.74 Å². The molecule has 0 aromatic heterocycles. The molecule has 1 atom stereocenters. The van der Waals surface area contributed by atoms with E-state index in [2.05, 4.69) is 0 Å². The number of alkyl halides is 1. The number of hydrogen-bond donors (Lipinski definition) is 0. The Morgan fingerprint density at radius 2 is 1.58 bits per heavy atom. The average Bonchev–Trinajstić information content (AvgIpc) is 2.39. The minimum Gasteiger partial charge on any atom is -0.497 e. The Morgan fingerprint density at radius 3 is 2.11 bits per heavy atom. The van der Waals surface area contributed by atoms with Gasteiger partial charge in [0.15, 0.2) is 0 Å². The Labute approximate surface area is 128 Å². The summed E-state index contributed by atoms with van der Waals surface area (Å²) in [6.07, 6.45) is 0.662. The third-order valence-electron chi connectivity index (χ3n) is 2.89. The van der Waals surface area contributed by atoms with Crippen LogP contribution >= 0.6 is 34.8 Å². The summed E-state index contributed by atoms with van der Waals surface area (Å²) < 4.78 is 5.12. The van der Waals surface area contributed by atoms with Gasteiger partial charge in [0.25, 0.3) is 0 Å². The number of methoxy groups -OCH3 is 1. The Bertz CT molecular complexity index is 532. The smallest absolute Gasteiger partial charge is 0.118 e. The highest BCUT2D eigenvalue weighted by Crippen LogP contribution is 2.36. The predicted octanol–water partition coefficient (Wildman–Crippen LogP) is 5.52. The first-order chi connectivity index (χ1) is 9.11. The Morgan fingerprint density at radius 1 is 1.00 bits per heavy atom. The third kappa shape index (κ3) is 3.56. The van der Waals surface area contributed by atoms with Gasteiger partial charge in [-0.1, -0.05) is 41.4 Å². The molecule has 0 amide bonds. The molecular formula is C15H13Cl3O. The van der Waals surface area contributed by atoms with Crippen LogP contribution in [0.5, 0.6) is 5.75 Å². The van der Waals surface area contributed by atoms with Crippen molar-refractivity contribution in [2.75, 3.05) is 7.11 Å². The zero-order chi connectivity index (χ0) is 13.8. The molecule has 0 N–H and O–H groups in total. The Hall–Kier alpha value is -0.890. The summed E-state index contributed by atoms with van der Waals surface area (Å²) in [4.78, 5) is 0. The van der Waals surface area contributed by atoms with Crippen LogP contribution in [0.1, 0.15) is 16.5 Å². The monoisotopic (exact) mass is 314 g/mol. The maximum atomic E-state index is 6.42. The second-order valence-electron chi connectivity index (χ2n) is 4.16. The largest absolute Gasteiger partial charge is 0.497 e. The van der Waals surface area contributed by atoms with Gasteiger partial charge in [0.1, 0.15) is 5.75 Å². The van der Waals surface area contributed by atoms with E-state index in [1.807, 2.05) is 30.3 Å². The SMILES string of the molecule is COc1ccc(CC(Cl)c2c(Cl)cccc2Cl)cc1. The van der Waals surface area contributed by atoms with Gasteiger partial charge in [-0.05, 0) is 36.2 Å². The quantitative estimate of drug-likeness (QED) is 0.675. The molecule has 0 radical (unpaired) electrons. The zero-order valence-corrected chi connectivity index (χ0v) is 12.6. The van der Waals surface area contributed by atoms with E-state index >= 15 is 0 Å². The zero-order valence-electron chi connectivity index (χ0n) is 10.4. The lowest BCUT2D eigenvalue weighted by Gasteiger charge is -2.13. The van der Waals surface area contributed by atoms with Crippen LogP contribution in [0.4, 0.5) is 0 Å². The molecule has 0 aliphatic carbocycles. The first kappa shape index (κ1) is 14.5. The van der Waals surface area contributed by atoms with E-state index in [0.717, 1.165) is 16.9 Å². The summed E-state index contributed by atoms with van der Waals surface area (Å²) in [5, 5.41) is 0.941. The fourth-order valence-corrected chi connectivity index (χ4v) is 3.07. The standard InChI is InChI=1S/C15H13Cl3O/c1-19-11-7-5-10(6-8-11)9-14(18)15-12(16)3-2-4-13(15)17/h2-8,14H,9H2,1H3. The molecule has 2 aromatic carbocycles. The third-order valence-corrected chi connectivity index (χ3v) is 3.92. The summed E-state index contributed by atoms with van der Waals surface area (Å²) in [5.74, 6) is 0.825. The summed E-state index contributed by atoms with van der Waals surface area (Å²) in [6, 6.07) is 13.2. The molecule has 0 heterocycles. The predicted molar refractivity (Wildman–Crippen MR) is 81.8 cm³/mol. The minimum atomic E-state index is -0.255. The van der Waals surface area contributed by atoms with E-state index in [1.165, 1.54) is 0 Å². The van der Waals surface area contributed by atoms with Crippen molar-refractivity contribution in [3.8, 4) is 5.75 Å². The molecule has 0 aliphatic rings. The molecule has 100 valence electrons. The van der Waals surface area contributed by atoms with Crippen molar-refractivity contribution in [3.63, 3.8) is 0 Å². The molecule has 4 heteroatoms. The van der Waals surface area contributed by atoms with Gasteiger partial charge in [0.2, 0.25) is 0 Å². The van der Waals surface area contributed by atoms with E-state index in [0.29, 0.717) is 16.5 Å². The van der Waals surface area contributed by atoms with Crippen molar-refractivity contribution in [2.24, 2.45) is 0 Å². The highest BCUT2D eigenvalue weighted by atomic mass is 35.5. The van der Waals surface area contributed by atoms with Crippen LogP contribution in [0.3, 0.4) is 0 Å². The average molecular weight is 316 g/mol. The summed E-state index contributed by atoms with van der Waals surface area (Å²) in [7, 11) is 1.64. The fourth-order valence-electron chi connectivity index (χ4n) is 1.88. The number of ether oxygens (including phenoxy) is 1. The van der Waals surface area contributed by atoms with Crippen molar-refractivity contribution in [1.82, 2.24) is 0 Å². The molecule has 1 nitrogen and oxygen atoms in total. The highest BCUT2D eigenvalue weighted by molar-refractivity contribution is 6.37. The number of rotatable bonds is 4. The van der Waals surface area contributed by atoms with Gasteiger partial charge in [0, 0.05) is 15.6 Å². The topological polar surface area (TPSA) is 9.23 Å². The van der Waals surface area contributed by atoms with E-state index in [9.17, 15) is 0 Å². The van der Waals surface area contributed by atoms with E-state index in [-0.39, 0.29) is 5.38 Å². The lowest BCUT2D eigenvalue weighted by molar-refractivity contribution is 0.414. The van der Waals surface area contributed by atoms with Crippen LogP contribution in [-0.2, 0) is 6.42 Å². The molecule has 1 unspecified atom stereocenters. The molecule has 0 saturated heterocycles. The Balaban J connectivity index is 2.18. The molecule has 19 heavy (non-hydrogen) atoms. The van der Waals surface area contributed by atoms with Gasteiger partial charge in [-0.2, -0.15) is 0 Å². The second kappa shape index (κ2) is 6.51. The number of benzene rings is 2. The van der Waals surface area contributed by atoms with Gasteiger partial charge >= 0.3 is 0 Å². The minimum absolute atomic E-state index is 0.255. The summed E-state index contributed by atoms with van der Waals surface area (Å²) in [6.45, 7) is 0. The first-order valence-electron chi connectivity index (χ1n) is 5.82. The second-order valence-corrected chi connectivity index (χ2v) is 5.50. The number of halogens is 3. The van der Waals surface area contributed by atoms with Crippen molar-refractivity contribution in [3.05, 3.63) is 63.6 Å². The van der Waals surface area contributed by atoms with Crippen molar-refractivity contribution < 1.29 is 4.74 Å². The van der Waals surface area contributed by atoms with Crippen molar-refractivity contribution in [2.45, 2.75) is 11.8 Å². The summed E-state index contributed by atoms with van der Waals surface area (Å²) >= 11 is 18.7. The van der Waals surface area contributed by atoms with Gasteiger partial charge in [-0.25, -0.2) is 0 Å². The van der Waals surface area contributed by atoms with E-state index < -0.39 is 0 Å². The van der Waals surface area contributed by atoms with E-state index in [1.54, 1.807) is 19.2 Å². The normalized spacial score (nSPS) is 12.2. The first-order valence-corrected chi connectivity index (χ1v) is 7.02. The van der Waals surface area contributed by atoms with Gasteiger partial charge in [0.05, 0.1) is 12.5 Å². The molecule has 0 aliphatic heterocycles. The van der Waals surface area contributed by atoms with Gasteiger partial charge < -0.3 is 4.74 Å². The van der Waals surface area contributed by atoms with E-state index in [4.69, 9.17) is 39.5 Å². The maximum absolute atomic E-state index is 6.42. The summed E-state index contributed by atoms with van der Waals surface area (Å²) in [5.41, 5.74) is 1.89. The molecule has 0 spiro atoms. The molecule has 0 bridgehead atoms. The molecule has 2 aromatic rings. The van der Waals surface area contributed by atoms with Crippen LogP contribution in [-0.4, -0.2) is 7.11 Å². The highest BCUT2D eigenvalue weighted by Gasteiger charge is 2.16. The molecule has 0 fully saturated rings. The maximum Gasteiger partial charge on any atom is 0.118 e. The van der Waals surface area contributed by atoms with Crippen molar-refractivity contribution in [1.29, 1.82) is 0 Å². The lowest BCUT2D eigenvalue weighted by atomic mass is 10.0. The Kier molecular flexibility index (Phi) is 4.98. The van der Waals surface area contributed by atoms with Gasteiger partial charge in [-0.3, -0.25) is 0 Å². The van der Waals surface area contributed by atoms with Crippen molar-refractivity contribution >= 4 is 34.8 Å². The number of hydrogen-bond acceptors (Lipinski definition) is 1. The lowest BCUT2D eigenvalue weighted by Crippen LogP contribution is -1.98. The fraction of sp³-hybridized carbons (Fsp3) is 0.200. The van der Waals surface area contributed by atoms with Crippen LogP contribution in [0.25, 0.3) is 0 Å². The molecule has 0 saturated carbocycles. The van der Waals surface area contributed by atoms with Crippen LogP contribution in [0, 0.1) is 0 Å². The van der Waals surface area contributed by atoms with Crippen LogP contribution in [0.2, 0.25) is 10.0 Å². The molecule has 2 rings (SSSR count). The van der Waals surface area contributed by atoms with Crippen LogP contribution in [0.15, 0.2) is 42.5 Å².